The molecule has 5 heteroatoms. The molecule has 1 aromatic rings. The van der Waals surface area contributed by atoms with Crippen LogP contribution in [-0.4, -0.2) is 23.7 Å². The van der Waals surface area contributed by atoms with Gasteiger partial charge in [0.2, 0.25) is 0 Å². The van der Waals surface area contributed by atoms with Crippen molar-refractivity contribution >= 4 is 5.97 Å². The van der Waals surface area contributed by atoms with Crippen LogP contribution in [0.25, 0.3) is 0 Å². The highest BCUT2D eigenvalue weighted by atomic mass is 19.2. The maximum Gasteiger partial charge on any atom is 0.320 e. The number of aliphatic carboxylic acids is 1. The molecule has 4 rings (SSSR count). The van der Waals surface area contributed by atoms with Crippen molar-refractivity contribution < 1.29 is 18.7 Å². The number of hydrogen-bond donors (Lipinski definition) is 2. The van der Waals surface area contributed by atoms with Gasteiger partial charge in [-0.3, -0.25) is 4.79 Å². The van der Waals surface area contributed by atoms with E-state index in [1.54, 1.807) is 6.07 Å². The summed E-state index contributed by atoms with van der Waals surface area (Å²) in [4.78, 5) is 11.4. The van der Waals surface area contributed by atoms with Crippen molar-refractivity contribution in [2.75, 3.05) is 6.54 Å². The lowest BCUT2D eigenvalue weighted by molar-refractivity contribution is -0.140. The Hall–Kier alpha value is -1.49. The van der Waals surface area contributed by atoms with E-state index in [4.69, 9.17) is 0 Å². The Balaban J connectivity index is 1.27. The van der Waals surface area contributed by atoms with Gasteiger partial charge in [-0.1, -0.05) is 6.07 Å². The topological polar surface area (TPSA) is 49.3 Å². The maximum atomic E-state index is 13.5. The Morgan fingerprint density at radius 1 is 0.857 bits per heavy atom. The minimum absolute atomic E-state index is 0.294. The smallest absolute Gasteiger partial charge is 0.320 e. The van der Waals surface area contributed by atoms with Crippen LogP contribution in [-0.2, 0) is 4.79 Å². The molecule has 2 N–H and O–H groups in total. The summed E-state index contributed by atoms with van der Waals surface area (Å²) in [5, 5.41) is 12.6. The molecule has 2 atom stereocenters. The lowest BCUT2D eigenvalue weighted by Gasteiger charge is -2.39. The van der Waals surface area contributed by atoms with Gasteiger partial charge in [-0.15, -0.1) is 0 Å². The molecule has 1 aliphatic heterocycles. The standard InChI is InChI=1S/C23H31F2NO2/c24-20-10-9-18(13-21(20)25)16-3-1-14(2-4-16)15-5-7-17(8-6-15)19-11-12-26-22(19)23(27)28/h9-10,13-17,19,22,26H,1-8,11-12H2,(H,27,28)/t14?,15?,16?,17?,19?,22-/m0/s1. The van der Waals surface area contributed by atoms with Crippen LogP contribution in [0.5, 0.6) is 0 Å². The molecular weight excluding hydrogens is 360 g/mol. The fourth-order valence-corrected chi connectivity index (χ4v) is 6.24. The van der Waals surface area contributed by atoms with Crippen molar-refractivity contribution in [3.05, 3.63) is 35.4 Å². The van der Waals surface area contributed by atoms with Crippen molar-refractivity contribution in [2.45, 2.75) is 69.7 Å². The normalized spacial score (nSPS) is 36.4. The van der Waals surface area contributed by atoms with Gasteiger partial charge >= 0.3 is 5.97 Å². The molecule has 2 aliphatic carbocycles. The van der Waals surface area contributed by atoms with Crippen molar-refractivity contribution in [1.29, 1.82) is 0 Å². The first-order valence-corrected chi connectivity index (χ1v) is 10.9. The van der Waals surface area contributed by atoms with Gasteiger partial charge in [-0.05, 0) is 112 Å². The first-order chi connectivity index (χ1) is 13.5. The summed E-state index contributed by atoms with van der Waals surface area (Å²) in [5.41, 5.74) is 0.939. The number of nitrogens with one attached hydrogen (secondary N) is 1. The average Bonchev–Trinajstić information content (AvgIpc) is 3.21. The molecule has 28 heavy (non-hydrogen) atoms. The quantitative estimate of drug-likeness (QED) is 0.750. The Kier molecular flexibility index (Phi) is 6.00. The number of hydrogen-bond acceptors (Lipinski definition) is 2. The first-order valence-electron chi connectivity index (χ1n) is 10.9. The van der Waals surface area contributed by atoms with Crippen LogP contribution < -0.4 is 5.32 Å². The van der Waals surface area contributed by atoms with E-state index in [0.717, 1.165) is 56.0 Å². The molecule has 2 saturated carbocycles. The molecule has 3 aliphatic rings. The Morgan fingerprint density at radius 2 is 1.46 bits per heavy atom. The van der Waals surface area contributed by atoms with E-state index >= 15 is 0 Å². The van der Waals surface area contributed by atoms with E-state index in [9.17, 15) is 18.7 Å². The highest BCUT2D eigenvalue weighted by Gasteiger charge is 2.40. The van der Waals surface area contributed by atoms with Crippen LogP contribution in [0.3, 0.4) is 0 Å². The third-order valence-electron chi connectivity index (χ3n) is 7.81. The molecule has 3 nitrogen and oxygen atoms in total. The van der Waals surface area contributed by atoms with Gasteiger partial charge in [0.1, 0.15) is 6.04 Å². The fourth-order valence-electron chi connectivity index (χ4n) is 6.24. The number of halogens is 2. The van der Waals surface area contributed by atoms with Crippen LogP contribution in [0.2, 0.25) is 0 Å². The van der Waals surface area contributed by atoms with Crippen molar-refractivity contribution in [2.24, 2.45) is 23.7 Å². The van der Waals surface area contributed by atoms with E-state index in [-0.39, 0.29) is 6.04 Å². The van der Waals surface area contributed by atoms with Gasteiger partial charge in [0, 0.05) is 0 Å². The Labute approximate surface area is 165 Å². The molecular formula is C23H31F2NO2. The van der Waals surface area contributed by atoms with Gasteiger partial charge in [0.15, 0.2) is 11.6 Å². The van der Waals surface area contributed by atoms with Crippen molar-refractivity contribution in [3.63, 3.8) is 0 Å². The molecule has 1 unspecified atom stereocenters. The summed E-state index contributed by atoms with van der Waals surface area (Å²) in [7, 11) is 0. The molecule has 1 aromatic carbocycles. The predicted molar refractivity (Wildman–Crippen MR) is 104 cm³/mol. The van der Waals surface area contributed by atoms with Gasteiger partial charge in [-0.2, -0.15) is 0 Å². The van der Waals surface area contributed by atoms with E-state index < -0.39 is 17.6 Å². The third-order valence-corrected chi connectivity index (χ3v) is 7.81. The first kappa shape index (κ1) is 19.8. The number of rotatable bonds is 4. The number of carboxylic acid groups (broad SMARTS) is 1. The molecule has 0 spiro atoms. The second-order valence-electron chi connectivity index (χ2n) is 9.18. The average molecular weight is 392 g/mol. The number of carboxylic acids is 1. The summed E-state index contributed by atoms with van der Waals surface area (Å²) < 4.78 is 26.7. The largest absolute Gasteiger partial charge is 0.480 e. The van der Waals surface area contributed by atoms with Gasteiger partial charge < -0.3 is 10.4 Å². The van der Waals surface area contributed by atoms with Gasteiger partial charge in [-0.25, -0.2) is 8.78 Å². The molecule has 0 aromatic heterocycles. The summed E-state index contributed by atoms with van der Waals surface area (Å²) in [5.74, 6) is 0.479. The summed E-state index contributed by atoms with van der Waals surface area (Å²) >= 11 is 0. The minimum atomic E-state index is -0.767. The SMILES string of the molecule is O=C(O)[C@H]1NCCC1C1CCC(C2CCC(c3ccc(F)c(F)c3)CC2)CC1. The second kappa shape index (κ2) is 8.48. The summed E-state index contributed by atoms with van der Waals surface area (Å²) in [6.07, 6.45) is 10.2. The monoisotopic (exact) mass is 391 g/mol. The third kappa shape index (κ3) is 4.10. The van der Waals surface area contributed by atoms with Crippen molar-refractivity contribution in [1.82, 2.24) is 5.32 Å². The van der Waals surface area contributed by atoms with Crippen LogP contribution in [0.4, 0.5) is 8.78 Å². The molecule has 3 fully saturated rings. The zero-order valence-corrected chi connectivity index (χ0v) is 16.4. The highest BCUT2D eigenvalue weighted by molar-refractivity contribution is 5.74. The summed E-state index contributed by atoms with van der Waals surface area (Å²) in [6, 6.07) is 4.01. The van der Waals surface area contributed by atoms with Gasteiger partial charge in [0.25, 0.3) is 0 Å². The zero-order chi connectivity index (χ0) is 19.7. The summed E-state index contributed by atoms with van der Waals surface area (Å²) in [6.45, 7) is 0.829. The zero-order valence-electron chi connectivity index (χ0n) is 16.4. The second-order valence-corrected chi connectivity index (χ2v) is 9.18. The maximum absolute atomic E-state index is 13.5. The number of carbonyl (C=O) groups is 1. The van der Waals surface area contributed by atoms with E-state index in [1.165, 1.54) is 37.8 Å². The predicted octanol–water partition coefficient (Wildman–Crippen LogP) is 5.11. The Bertz CT molecular complexity index is 694. The minimum Gasteiger partial charge on any atom is -0.480 e. The van der Waals surface area contributed by atoms with Crippen LogP contribution in [0.1, 0.15) is 69.3 Å². The molecule has 1 heterocycles. The molecule has 0 radical (unpaired) electrons. The van der Waals surface area contributed by atoms with Crippen LogP contribution in [0, 0.1) is 35.3 Å². The van der Waals surface area contributed by atoms with Crippen molar-refractivity contribution in [3.8, 4) is 0 Å². The lowest BCUT2D eigenvalue weighted by Crippen LogP contribution is -2.39. The van der Waals surface area contributed by atoms with E-state index in [2.05, 4.69) is 5.32 Å². The highest BCUT2D eigenvalue weighted by Crippen LogP contribution is 2.46. The molecule has 0 bridgehead atoms. The molecule has 154 valence electrons. The lowest BCUT2D eigenvalue weighted by atomic mass is 9.66. The van der Waals surface area contributed by atoms with E-state index in [1.807, 2.05) is 0 Å². The fraction of sp³-hybridized carbons (Fsp3) is 0.696. The van der Waals surface area contributed by atoms with Crippen LogP contribution in [0.15, 0.2) is 18.2 Å². The molecule has 0 amide bonds. The van der Waals surface area contributed by atoms with E-state index in [0.29, 0.717) is 17.8 Å². The Morgan fingerprint density at radius 3 is 2.07 bits per heavy atom. The van der Waals surface area contributed by atoms with Crippen LogP contribution >= 0.6 is 0 Å². The van der Waals surface area contributed by atoms with Gasteiger partial charge in [0.05, 0.1) is 0 Å². The molecule has 1 saturated heterocycles. The number of benzene rings is 1.